The number of nitrogens with one attached hydrogen (secondary N) is 1. The van der Waals surface area contributed by atoms with Gasteiger partial charge in [0, 0.05) is 43.2 Å². The first-order valence-corrected chi connectivity index (χ1v) is 8.76. The summed E-state index contributed by atoms with van der Waals surface area (Å²) in [5, 5.41) is 1.19. The maximum Gasteiger partial charge on any atom is 0.219 e. The number of carbonyl (C=O) groups excluding carboxylic acids is 1. The van der Waals surface area contributed by atoms with Gasteiger partial charge in [-0.3, -0.25) is 4.79 Å². The van der Waals surface area contributed by atoms with E-state index in [2.05, 4.69) is 17.1 Å². The van der Waals surface area contributed by atoms with Gasteiger partial charge in [0.1, 0.15) is 5.75 Å². The van der Waals surface area contributed by atoms with Crippen LogP contribution in [0, 0.1) is 0 Å². The summed E-state index contributed by atoms with van der Waals surface area (Å²) in [7, 11) is 1.64. The van der Waals surface area contributed by atoms with Crippen molar-refractivity contribution < 1.29 is 9.53 Å². The zero-order chi connectivity index (χ0) is 18.5. The van der Waals surface area contributed by atoms with Gasteiger partial charge in [0.05, 0.1) is 7.11 Å². The Bertz CT molecular complexity index is 888. The molecule has 1 heterocycles. The standard InChI is InChI=1S/C21H25N3O2/c1-15(25)24(13-16-6-5-7-19(10-16)26-2)14-18(22)11-17-12-23-21-9-4-3-8-20(17)21/h3-10,12,18,23H,11,13-14,22H2,1-2H3. The number of hydrogen-bond acceptors (Lipinski definition) is 3. The second-order valence-electron chi connectivity index (χ2n) is 6.57. The van der Waals surface area contributed by atoms with Crippen molar-refractivity contribution in [2.45, 2.75) is 25.9 Å². The molecule has 0 spiro atoms. The van der Waals surface area contributed by atoms with Crippen molar-refractivity contribution in [2.75, 3.05) is 13.7 Å². The summed E-state index contributed by atoms with van der Waals surface area (Å²) in [6.45, 7) is 2.61. The largest absolute Gasteiger partial charge is 0.497 e. The fourth-order valence-electron chi connectivity index (χ4n) is 3.23. The highest BCUT2D eigenvalue weighted by Crippen LogP contribution is 2.19. The van der Waals surface area contributed by atoms with Crippen LogP contribution in [0.15, 0.2) is 54.7 Å². The summed E-state index contributed by atoms with van der Waals surface area (Å²) in [6.07, 6.45) is 2.72. The number of H-pyrrole nitrogens is 1. The SMILES string of the molecule is COc1cccc(CN(CC(N)Cc2c[nH]c3ccccc23)C(C)=O)c1. The molecule has 1 atom stereocenters. The third-order valence-electron chi connectivity index (χ3n) is 4.56. The van der Waals surface area contributed by atoms with Gasteiger partial charge in [0.2, 0.25) is 5.91 Å². The third kappa shape index (κ3) is 4.24. The molecule has 2 aromatic carbocycles. The Hall–Kier alpha value is -2.79. The molecule has 136 valence electrons. The van der Waals surface area contributed by atoms with Crippen LogP contribution in [-0.2, 0) is 17.8 Å². The van der Waals surface area contributed by atoms with Crippen molar-refractivity contribution in [1.82, 2.24) is 9.88 Å². The predicted octanol–water partition coefficient (Wildman–Crippen LogP) is 3.10. The topological polar surface area (TPSA) is 71.3 Å². The van der Waals surface area contributed by atoms with Gasteiger partial charge in [0.15, 0.2) is 0 Å². The van der Waals surface area contributed by atoms with Crippen LogP contribution in [-0.4, -0.2) is 35.5 Å². The minimum absolute atomic E-state index is 0.0159. The van der Waals surface area contributed by atoms with E-state index in [4.69, 9.17) is 10.5 Å². The van der Waals surface area contributed by atoms with E-state index in [1.54, 1.807) is 18.9 Å². The Labute approximate surface area is 153 Å². The van der Waals surface area contributed by atoms with Crippen molar-refractivity contribution in [1.29, 1.82) is 0 Å². The van der Waals surface area contributed by atoms with Gasteiger partial charge < -0.3 is 20.4 Å². The average molecular weight is 351 g/mol. The molecule has 5 nitrogen and oxygen atoms in total. The van der Waals surface area contributed by atoms with Crippen LogP contribution < -0.4 is 10.5 Å². The Morgan fingerprint density at radius 1 is 1.23 bits per heavy atom. The van der Waals surface area contributed by atoms with Gasteiger partial charge in [-0.2, -0.15) is 0 Å². The van der Waals surface area contributed by atoms with Crippen LogP contribution in [0.1, 0.15) is 18.1 Å². The molecule has 26 heavy (non-hydrogen) atoms. The smallest absolute Gasteiger partial charge is 0.219 e. The molecule has 0 aliphatic carbocycles. The van der Waals surface area contributed by atoms with Crippen molar-refractivity contribution in [3.63, 3.8) is 0 Å². The average Bonchev–Trinajstić information content (AvgIpc) is 3.04. The van der Waals surface area contributed by atoms with Gasteiger partial charge in [-0.25, -0.2) is 0 Å². The van der Waals surface area contributed by atoms with E-state index >= 15 is 0 Å². The molecule has 3 N–H and O–H groups in total. The van der Waals surface area contributed by atoms with Crippen molar-refractivity contribution in [2.24, 2.45) is 5.73 Å². The summed E-state index contributed by atoms with van der Waals surface area (Å²) in [4.78, 5) is 17.1. The lowest BCUT2D eigenvalue weighted by Crippen LogP contribution is -2.40. The molecule has 1 amide bonds. The summed E-state index contributed by atoms with van der Waals surface area (Å²) in [5.74, 6) is 0.802. The molecule has 0 radical (unpaired) electrons. The molecule has 3 aromatic rings. The number of benzene rings is 2. The normalized spacial score (nSPS) is 12.1. The number of aromatic amines is 1. The van der Waals surface area contributed by atoms with E-state index in [1.165, 1.54) is 10.9 Å². The summed E-state index contributed by atoms with van der Waals surface area (Å²) in [6, 6.07) is 15.8. The van der Waals surface area contributed by atoms with Crippen LogP contribution >= 0.6 is 0 Å². The number of aromatic nitrogens is 1. The summed E-state index contributed by atoms with van der Waals surface area (Å²) < 4.78 is 5.26. The number of nitrogens with zero attached hydrogens (tertiary/aromatic N) is 1. The first-order chi connectivity index (χ1) is 12.6. The molecule has 3 rings (SSSR count). The van der Waals surface area contributed by atoms with E-state index < -0.39 is 0 Å². The molecule has 1 unspecified atom stereocenters. The highest BCUT2D eigenvalue weighted by molar-refractivity contribution is 5.83. The zero-order valence-corrected chi connectivity index (χ0v) is 15.2. The lowest BCUT2D eigenvalue weighted by molar-refractivity contribution is -0.129. The number of carbonyl (C=O) groups is 1. The van der Waals surface area contributed by atoms with Gasteiger partial charge >= 0.3 is 0 Å². The fourth-order valence-corrected chi connectivity index (χ4v) is 3.23. The number of amides is 1. The van der Waals surface area contributed by atoms with Crippen LogP contribution in [0.5, 0.6) is 5.75 Å². The minimum atomic E-state index is -0.135. The predicted molar refractivity (Wildman–Crippen MR) is 104 cm³/mol. The van der Waals surface area contributed by atoms with E-state index in [-0.39, 0.29) is 11.9 Å². The Balaban J connectivity index is 1.68. The number of ether oxygens (including phenoxy) is 1. The number of para-hydroxylation sites is 1. The zero-order valence-electron chi connectivity index (χ0n) is 15.2. The third-order valence-corrected chi connectivity index (χ3v) is 4.56. The van der Waals surface area contributed by atoms with E-state index in [0.717, 1.165) is 16.8 Å². The molecular formula is C21H25N3O2. The van der Waals surface area contributed by atoms with Gasteiger partial charge in [-0.15, -0.1) is 0 Å². The summed E-state index contributed by atoms with van der Waals surface area (Å²) in [5.41, 5.74) is 9.68. The molecule has 0 fully saturated rings. The molecule has 1 aromatic heterocycles. The highest BCUT2D eigenvalue weighted by atomic mass is 16.5. The van der Waals surface area contributed by atoms with Gasteiger partial charge in [0.25, 0.3) is 0 Å². The number of rotatable bonds is 7. The summed E-state index contributed by atoms with van der Waals surface area (Å²) >= 11 is 0. The van der Waals surface area contributed by atoms with E-state index in [9.17, 15) is 4.79 Å². The second-order valence-corrected chi connectivity index (χ2v) is 6.57. The Morgan fingerprint density at radius 2 is 2.04 bits per heavy atom. The molecule has 0 aliphatic rings. The molecule has 0 saturated heterocycles. The molecule has 0 saturated carbocycles. The lowest BCUT2D eigenvalue weighted by Gasteiger charge is -2.25. The van der Waals surface area contributed by atoms with Gasteiger partial charge in [-0.05, 0) is 35.7 Å². The molecule has 0 bridgehead atoms. The monoisotopic (exact) mass is 351 g/mol. The maximum absolute atomic E-state index is 12.1. The number of hydrogen-bond donors (Lipinski definition) is 2. The minimum Gasteiger partial charge on any atom is -0.497 e. The Morgan fingerprint density at radius 3 is 2.81 bits per heavy atom. The number of nitrogens with two attached hydrogens (primary N) is 1. The van der Waals surface area contributed by atoms with Crippen molar-refractivity contribution >= 4 is 16.8 Å². The first-order valence-electron chi connectivity index (χ1n) is 8.76. The van der Waals surface area contributed by atoms with E-state index in [1.807, 2.05) is 42.6 Å². The molecule has 0 aliphatic heterocycles. The molecular weight excluding hydrogens is 326 g/mol. The van der Waals surface area contributed by atoms with Crippen LogP contribution in [0.3, 0.4) is 0 Å². The van der Waals surface area contributed by atoms with Crippen LogP contribution in [0.25, 0.3) is 10.9 Å². The maximum atomic E-state index is 12.1. The fraction of sp³-hybridized carbons (Fsp3) is 0.286. The quantitative estimate of drug-likeness (QED) is 0.687. The van der Waals surface area contributed by atoms with E-state index in [0.29, 0.717) is 19.5 Å². The van der Waals surface area contributed by atoms with Crippen molar-refractivity contribution in [3.05, 3.63) is 65.9 Å². The lowest BCUT2D eigenvalue weighted by atomic mass is 10.0. The molecule has 5 heteroatoms. The first kappa shape index (κ1) is 18.0. The Kier molecular flexibility index (Phi) is 5.58. The number of fused-ring (bicyclic) bond motifs is 1. The van der Waals surface area contributed by atoms with Crippen LogP contribution in [0.2, 0.25) is 0 Å². The number of methoxy groups -OCH3 is 1. The van der Waals surface area contributed by atoms with Crippen LogP contribution in [0.4, 0.5) is 0 Å². The van der Waals surface area contributed by atoms with Gasteiger partial charge in [-0.1, -0.05) is 30.3 Å². The van der Waals surface area contributed by atoms with Crippen molar-refractivity contribution in [3.8, 4) is 5.75 Å². The highest BCUT2D eigenvalue weighted by Gasteiger charge is 2.16. The second kappa shape index (κ2) is 8.06.